The third-order valence-corrected chi connectivity index (χ3v) is 3.05. The van der Waals surface area contributed by atoms with Gasteiger partial charge in [0.2, 0.25) is 5.91 Å². The van der Waals surface area contributed by atoms with Gasteiger partial charge in [0.05, 0.1) is 0 Å². The SMILES string of the molecule is CNC(=O)CCN(C)C(=O)N(CC(=O)O)CC1CC1. The molecule has 0 unspecified atom stereocenters. The number of carboxylic acid groups (broad SMARTS) is 1. The van der Waals surface area contributed by atoms with Crippen LogP contribution in [0.3, 0.4) is 0 Å². The summed E-state index contributed by atoms with van der Waals surface area (Å²) in [5.41, 5.74) is 0. The summed E-state index contributed by atoms with van der Waals surface area (Å²) in [4.78, 5) is 36.7. The number of urea groups is 1. The lowest BCUT2D eigenvalue weighted by atomic mass is 10.3. The van der Waals surface area contributed by atoms with Gasteiger partial charge >= 0.3 is 12.0 Å². The van der Waals surface area contributed by atoms with E-state index in [2.05, 4.69) is 5.32 Å². The van der Waals surface area contributed by atoms with Gasteiger partial charge in [-0.25, -0.2) is 4.79 Å². The minimum Gasteiger partial charge on any atom is -0.480 e. The second-order valence-electron chi connectivity index (χ2n) is 4.84. The van der Waals surface area contributed by atoms with E-state index >= 15 is 0 Å². The molecule has 1 fully saturated rings. The normalized spacial score (nSPS) is 13.8. The van der Waals surface area contributed by atoms with Crippen LogP contribution < -0.4 is 5.32 Å². The number of nitrogens with one attached hydrogen (secondary N) is 1. The summed E-state index contributed by atoms with van der Waals surface area (Å²) in [5.74, 6) is -0.740. The first-order valence-corrected chi connectivity index (χ1v) is 6.36. The molecule has 0 spiro atoms. The summed E-state index contributed by atoms with van der Waals surface area (Å²) in [6.07, 6.45) is 2.31. The minimum absolute atomic E-state index is 0.147. The van der Waals surface area contributed by atoms with Crippen LogP contribution in [-0.2, 0) is 9.59 Å². The Morgan fingerprint density at radius 2 is 1.95 bits per heavy atom. The van der Waals surface area contributed by atoms with Gasteiger partial charge in [-0.1, -0.05) is 0 Å². The smallest absolute Gasteiger partial charge is 0.323 e. The number of amides is 3. The quantitative estimate of drug-likeness (QED) is 0.680. The van der Waals surface area contributed by atoms with Crippen LogP contribution in [0.15, 0.2) is 0 Å². The Balaban J connectivity index is 2.48. The molecular formula is C12H21N3O4. The number of hydrogen-bond donors (Lipinski definition) is 2. The number of carbonyl (C=O) groups excluding carboxylic acids is 2. The molecule has 3 amide bonds. The molecule has 2 N–H and O–H groups in total. The van der Waals surface area contributed by atoms with E-state index < -0.39 is 5.97 Å². The van der Waals surface area contributed by atoms with E-state index in [1.165, 1.54) is 16.8 Å². The molecule has 0 radical (unpaired) electrons. The zero-order valence-electron chi connectivity index (χ0n) is 11.4. The van der Waals surface area contributed by atoms with Crippen LogP contribution in [0.4, 0.5) is 4.79 Å². The molecule has 1 aliphatic carbocycles. The van der Waals surface area contributed by atoms with Gasteiger partial charge in [-0.05, 0) is 18.8 Å². The lowest BCUT2D eigenvalue weighted by molar-refractivity contribution is -0.137. The van der Waals surface area contributed by atoms with Crippen molar-refractivity contribution in [3.8, 4) is 0 Å². The standard InChI is InChI=1S/C12H21N3O4/c1-13-10(16)5-6-14(2)12(19)15(8-11(17)18)7-9-3-4-9/h9H,3-8H2,1-2H3,(H,13,16)(H,17,18). The van der Waals surface area contributed by atoms with Gasteiger partial charge in [0.1, 0.15) is 6.54 Å². The van der Waals surface area contributed by atoms with E-state index in [4.69, 9.17) is 5.11 Å². The first kappa shape index (κ1) is 15.3. The molecule has 7 heteroatoms. The first-order valence-electron chi connectivity index (χ1n) is 6.36. The molecular weight excluding hydrogens is 250 g/mol. The largest absolute Gasteiger partial charge is 0.480 e. The Bertz CT molecular complexity index is 355. The average Bonchev–Trinajstić information content (AvgIpc) is 3.17. The van der Waals surface area contributed by atoms with Crippen molar-refractivity contribution in [2.24, 2.45) is 5.92 Å². The second kappa shape index (κ2) is 6.96. The van der Waals surface area contributed by atoms with Crippen LogP contribution in [0.5, 0.6) is 0 Å². The van der Waals surface area contributed by atoms with Gasteiger partial charge in [0.15, 0.2) is 0 Å². The zero-order valence-corrected chi connectivity index (χ0v) is 11.4. The topological polar surface area (TPSA) is 90.0 Å². The fourth-order valence-electron chi connectivity index (χ4n) is 1.72. The lowest BCUT2D eigenvalue weighted by Gasteiger charge is -2.26. The van der Waals surface area contributed by atoms with Crippen LogP contribution >= 0.6 is 0 Å². The van der Waals surface area contributed by atoms with Gasteiger partial charge in [-0.15, -0.1) is 0 Å². The number of hydrogen-bond acceptors (Lipinski definition) is 3. The fourth-order valence-corrected chi connectivity index (χ4v) is 1.72. The van der Waals surface area contributed by atoms with Gasteiger partial charge in [-0.2, -0.15) is 0 Å². The van der Waals surface area contributed by atoms with Gasteiger partial charge in [0.25, 0.3) is 0 Å². The summed E-state index contributed by atoms with van der Waals surface area (Å²) in [6.45, 7) is 0.467. The van der Waals surface area contributed by atoms with Gasteiger partial charge in [-0.3, -0.25) is 9.59 Å². The third-order valence-electron chi connectivity index (χ3n) is 3.05. The molecule has 108 valence electrons. The van der Waals surface area contributed by atoms with Crippen molar-refractivity contribution in [2.75, 3.05) is 33.7 Å². The highest BCUT2D eigenvalue weighted by atomic mass is 16.4. The average molecular weight is 271 g/mol. The van der Waals surface area contributed by atoms with Crippen molar-refractivity contribution in [1.82, 2.24) is 15.1 Å². The van der Waals surface area contributed by atoms with E-state index in [0.29, 0.717) is 12.5 Å². The van der Waals surface area contributed by atoms with Crippen LogP contribution in [-0.4, -0.2) is 66.5 Å². The summed E-state index contributed by atoms with van der Waals surface area (Å²) in [7, 11) is 3.11. The zero-order chi connectivity index (χ0) is 14.4. The van der Waals surface area contributed by atoms with E-state index in [0.717, 1.165) is 12.8 Å². The predicted molar refractivity (Wildman–Crippen MR) is 68.6 cm³/mol. The van der Waals surface area contributed by atoms with Crippen LogP contribution in [0, 0.1) is 5.92 Å². The van der Waals surface area contributed by atoms with E-state index in [1.54, 1.807) is 7.05 Å². The molecule has 0 aromatic rings. The Labute approximate surface area is 112 Å². The summed E-state index contributed by atoms with van der Waals surface area (Å²) in [5, 5.41) is 11.3. The molecule has 0 saturated heterocycles. The Morgan fingerprint density at radius 1 is 1.32 bits per heavy atom. The number of aliphatic carboxylic acids is 1. The molecule has 7 nitrogen and oxygen atoms in total. The van der Waals surface area contributed by atoms with E-state index in [1.807, 2.05) is 0 Å². The lowest BCUT2D eigenvalue weighted by Crippen LogP contribution is -2.45. The molecule has 1 aliphatic rings. The van der Waals surface area contributed by atoms with Crippen molar-refractivity contribution in [3.63, 3.8) is 0 Å². The molecule has 19 heavy (non-hydrogen) atoms. The monoisotopic (exact) mass is 271 g/mol. The predicted octanol–water partition coefficient (Wildman–Crippen LogP) is -0.0291. The van der Waals surface area contributed by atoms with Crippen LogP contribution in [0.1, 0.15) is 19.3 Å². The number of carboxylic acids is 1. The molecule has 0 aromatic carbocycles. The number of nitrogens with zero attached hydrogens (tertiary/aromatic N) is 2. The maximum atomic E-state index is 12.1. The molecule has 1 rings (SSSR count). The second-order valence-corrected chi connectivity index (χ2v) is 4.84. The first-order chi connectivity index (χ1) is 8.93. The van der Waals surface area contributed by atoms with E-state index in [-0.39, 0.29) is 31.4 Å². The van der Waals surface area contributed by atoms with Crippen molar-refractivity contribution in [1.29, 1.82) is 0 Å². The maximum Gasteiger partial charge on any atom is 0.323 e. The fraction of sp³-hybridized carbons (Fsp3) is 0.750. The maximum absolute atomic E-state index is 12.1. The highest BCUT2D eigenvalue weighted by Gasteiger charge is 2.29. The van der Waals surface area contributed by atoms with Crippen LogP contribution in [0.25, 0.3) is 0 Å². The number of carbonyl (C=O) groups is 3. The molecule has 0 aliphatic heterocycles. The Kier molecular flexibility index (Phi) is 5.59. The minimum atomic E-state index is -1.02. The molecule has 1 saturated carbocycles. The van der Waals surface area contributed by atoms with E-state index in [9.17, 15) is 14.4 Å². The Morgan fingerprint density at radius 3 is 2.42 bits per heavy atom. The van der Waals surface area contributed by atoms with Crippen molar-refractivity contribution >= 4 is 17.9 Å². The number of rotatable bonds is 7. The highest BCUT2D eigenvalue weighted by Crippen LogP contribution is 2.29. The molecule has 0 aromatic heterocycles. The summed E-state index contributed by atoms with van der Waals surface area (Å²) in [6, 6.07) is -0.335. The molecule has 0 atom stereocenters. The Hall–Kier alpha value is -1.79. The summed E-state index contributed by atoms with van der Waals surface area (Å²) < 4.78 is 0. The highest BCUT2D eigenvalue weighted by molar-refractivity contribution is 5.81. The van der Waals surface area contributed by atoms with Gasteiger partial charge in [0, 0.05) is 33.6 Å². The van der Waals surface area contributed by atoms with Crippen LogP contribution in [0.2, 0.25) is 0 Å². The van der Waals surface area contributed by atoms with Crippen molar-refractivity contribution in [2.45, 2.75) is 19.3 Å². The molecule has 0 heterocycles. The third kappa shape index (κ3) is 5.58. The van der Waals surface area contributed by atoms with Crippen molar-refractivity contribution in [3.05, 3.63) is 0 Å². The van der Waals surface area contributed by atoms with Gasteiger partial charge < -0.3 is 20.2 Å². The summed E-state index contributed by atoms with van der Waals surface area (Å²) >= 11 is 0. The van der Waals surface area contributed by atoms with Crippen molar-refractivity contribution < 1.29 is 19.5 Å². The molecule has 0 bridgehead atoms.